The summed E-state index contributed by atoms with van der Waals surface area (Å²) in [6, 6.07) is 15.1. The molecule has 0 spiro atoms. The molecule has 1 aliphatic carbocycles. The van der Waals surface area contributed by atoms with E-state index in [2.05, 4.69) is 35.6 Å². The Hall–Kier alpha value is -1.80. The fourth-order valence-corrected chi connectivity index (χ4v) is 2.83. The van der Waals surface area contributed by atoms with Gasteiger partial charge in [-0.2, -0.15) is 0 Å². The van der Waals surface area contributed by atoms with Gasteiger partial charge in [0.25, 0.3) is 0 Å². The van der Waals surface area contributed by atoms with Gasteiger partial charge in [-0.3, -0.25) is 0 Å². The zero-order chi connectivity index (χ0) is 13.8. The highest BCUT2D eigenvalue weighted by Gasteiger charge is 2.10. The smallest absolute Gasteiger partial charge is 0.118 e. The highest BCUT2D eigenvalue weighted by molar-refractivity contribution is 5.35. The van der Waals surface area contributed by atoms with Crippen molar-refractivity contribution in [3.8, 4) is 5.75 Å². The van der Waals surface area contributed by atoms with E-state index in [1.165, 1.54) is 30.4 Å². The van der Waals surface area contributed by atoms with E-state index < -0.39 is 0 Å². The van der Waals surface area contributed by atoms with E-state index in [0.29, 0.717) is 0 Å². The van der Waals surface area contributed by atoms with Crippen LogP contribution >= 0.6 is 0 Å². The zero-order valence-corrected chi connectivity index (χ0v) is 12.0. The first-order chi connectivity index (χ1) is 9.85. The summed E-state index contributed by atoms with van der Waals surface area (Å²) in [5.74, 6) is 0.910. The van der Waals surface area contributed by atoms with Crippen LogP contribution in [0, 0.1) is 0 Å². The SMILES string of the molecule is COc1ccc(CNCc2ccc3c(c2)CCC3)cc1. The molecule has 2 heteroatoms. The number of ether oxygens (including phenoxy) is 1. The Labute approximate surface area is 120 Å². The fraction of sp³-hybridized carbons (Fsp3) is 0.333. The molecule has 1 aliphatic rings. The van der Waals surface area contributed by atoms with Crippen molar-refractivity contribution in [2.24, 2.45) is 0 Å². The lowest BCUT2D eigenvalue weighted by molar-refractivity contribution is 0.414. The molecule has 0 fully saturated rings. The molecule has 0 radical (unpaired) electrons. The van der Waals surface area contributed by atoms with E-state index in [4.69, 9.17) is 4.74 Å². The van der Waals surface area contributed by atoms with E-state index in [0.717, 1.165) is 18.8 Å². The van der Waals surface area contributed by atoms with Crippen LogP contribution in [0.2, 0.25) is 0 Å². The molecule has 2 aromatic rings. The second kappa shape index (κ2) is 6.10. The Morgan fingerprint density at radius 2 is 1.60 bits per heavy atom. The van der Waals surface area contributed by atoms with Gasteiger partial charge in [-0.15, -0.1) is 0 Å². The van der Waals surface area contributed by atoms with Crippen LogP contribution in [0.5, 0.6) is 5.75 Å². The van der Waals surface area contributed by atoms with Crippen LogP contribution in [-0.4, -0.2) is 7.11 Å². The standard InChI is InChI=1S/C18H21NO/c1-20-18-9-6-14(7-10-18)12-19-13-15-5-8-16-3-2-4-17(16)11-15/h5-11,19H,2-4,12-13H2,1H3. The first-order valence-electron chi connectivity index (χ1n) is 7.29. The van der Waals surface area contributed by atoms with E-state index in [9.17, 15) is 0 Å². The number of hydrogen-bond donors (Lipinski definition) is 1. The predicted molar refractivity (Wildman–Crippen MR) is 82.0 cm³/mol. The Kier molecular flexibility index (Phi) is 4.03. The average molecular weight is 267 g/mol. The Bertz CT molecular complexity index is 574. The van der Waals surface area contributed by atoms with Crippen LogP contribution in [0.1, 0.15) is 28.7 Å². The predicted octanol–water partition coefficient (Wildman–Crippen LogP) is 3.47. The molecule has 0 unspecified atom stereocenters. The number of fused-ring (bicyclic) bond motifs is 1. The molecular formula is C18H21NO. The minimum absolute atomic E-state index is 0.890. The maximum atomic E-state index is 5.17. The lowest BCUT2D eigenvalue weighted by atomic mass is 10.1. The van der Waals surface area contributed by atoms with Gasteiger partial charge in [0.15, 0.2) is 0 Å². The van der Waals surface area contributed by atoms with Crippen LogP contribution in [0.15, 0.2) is 42.5 Å². The molecule has 0 saturated heterocycles. The number of hydrogen-bond acceptors (Lipinski definition) is 2. The third-order valence-corrected chi connectivity index (χ3v) is 3.98. The van der Waals surface area contributed by atoms with Gasteiger partial charge in [0, 0.05) is 13.1 Å². The third kappa shape index (κ3) is 3.02. The largest absolute Gasteiger partial charge is 0.497 e. The summed E-state index contributed by atoms with van der Waals surface area (Å²) < 4.78 is 5.17. The summed E-state index contributed by atoms with van der Waals surface area (Å²) in [7, 11) is 1.70. The van der Waals surface area contributed by atoms with Crippen molar-refractivity contribution < 1.29 is 4.74 Å². The van der Waals surface area contributed by atoms with E-state index >= 15 is 0 Å². The number of aryl methyl sites for hydroxylation is 2. The van der Waals surface area contributed by atoms with Crippen molar-refractivity contribution in [2.75, 3.05) is 7.11 Å². The molecule has 0 amide bonds. The minimum atomic E-state index is 0.890. The zero-order valence-electron chi connectivity index (χ0n) is 12.0. The first kappa shape index (κ1) is 13.2. The van der Waals surface area contributed by atoms with Crippen molar-refractivity contribution in [1.82, 2.24) is 5.32 Å². The van der Waals surface area contributed by atoms with E-state index in [1.807, 2.05) is 12.1 Å². The topological polar surface area (TPSA) is 21.3 Å². The summed E-state index contributed by atoms with van der Waals surface area (Å²) in [6.45, 7) is 1.82. The minimum Gasteiger partial charge on any atom is -0.497 e. The fourth-order valence-electron chi connectivity index (χ4n) is 2.83. The second-order valence-electron chi connectivity index (χ2n) is 5.41. The summed E-state index contributed by atoms with van der Waals surface area (Å²) in [6.07, 6.45) is 3.83. The molecule has 0 bridgehead atoms. The van der Waals surface area contributed by atoms with Gasteiger partial charge < -0.3 is 10.1 Å². The quantitative estimate of drug-likeness (QED) is 0.895. The molecule has 20 heavy (non-hydrogen) atoms. The van der Waals surface area contributed by atoms with E-state index in [-0.39, 0.29) is 0 Å². The highest BCUT2D eigenvalue weighted by Crippen LogP contribution is 2.22. The lowest BCUT2D eigenvalue weighted by Crippen LogP contribution is -2.12. The van der Waals surface area contributed by atoms with Gasteiger partial charge in [-0.05, 0) is 53.6 Å². The van der Waals surface area contributed by atoms with Crippen LogP contribution in [0.3, 0.4) is 0 Å². The summed E-state index contributed by atoms with van der Waals surface area (Å²) in [4.78, 5) is 0. The van der Waals surface area contributed by atoms with Gasteiger partial charge in [-0.25, -0.2) is 0 Å². The van der Waals surface area contributed by atoms with Gasteiger partial charge in [0.05, 0.1) is 7.11 Å². The van der Waals surface area contributed by atoms with Gasteiger partial charge >= 0.3 is 0 Å². The van der Waals surface area contributed by atoms with Gasteiger partial charge in [0.1, 0.15) is 5.75 Å². The maximum absolute atomic E-state index is 5.17. The monoisotopic (exact) mass is 267 g/mol. The van der Waals surface area contributed by atoms with Crippen LogP contribution in [-0.2, 0) is 25.9 Å². The van der Waals surface area contributed by atoms with Crippen molar-refractivity contribution in [2.45, 2.75) is 32.4 Å². The van der Waals surface area contributed by atoms with Crippen molar-refractivity contribution in [3.05, 3.63) is 64.7 Å². The van der Waals surface area contributed by atoms with Crippen molar-refractivity contribution in [3.63, 3.8) is 0 Å². The third-order valence-electron chi connectivity index (χ3n) is 3.98. The highest BCUT2D eigenvalue weighted by atomic mass is 16.5. The molecule has 104 valence electrons. The Morgan fingerprint density at radius 3 is 2.40 bits per heavy atom. The normalized spacial score (nSPS) is 13.2. The molecular weight excluding hydrogens is 246 g/mol. The molecule has 2 nitrogen and oxygen atoms in total. The Morgan fingerprint density at radius 1 is 0.900 bits per heavy atom. The summed E-state index contributed by atoms with van der Waals surface area (Å²) in [5, 5.41) is 3.51. The second-order valence-corrected chi connectivity index (χ2v) is 5.41. The molecule has 1 N–H and O–H groups in total. The molecule has 3 rings (SSSR count). The van der Waals surface area contributed by atoms with Crippen molar-refractivity contribution >= 4 is 0 Å². The van der Waals surface area contributed by atoms with Crippen molar-refractivity contribution in [1.29, 1.82) is 0 Å². The number of methoxy groups -OCH3 is 1. The van der Waals surface area contributed by atoms with E-state index in [1.54, 1.807) is 18.2 Å². The number of benzene rings is 2. The lowest BCUT2D eigenvalue weighted by Gasteiger charge is -2.08. The molecule has 2 aromatic carbocycles. The summed E-state index contributed by atoms with van der Waals surface area (Å²) >= 11 is 0. The molecule has 0 saturated carbocycles. The average Bonchev–Trinajstić information content (AvgIpc) is 2.95. The molecule has 0 aliphatic heterocycles. The number of rotatable bonds is 5. The van der Waals surface area contributed by atoms with Gasteiger partial charge in [0.2, 0.25) is 0 Å². The van der Waals surface area contributed by atoms with Gasteiger partial charge in [-0.1, -0.05) is 30.3 Å². The Balaban J connectivity index is 1.54. The maximum Gasteiger partial charge on any atom is 0.118 e. The summed E-state index contributed by atoms with van der Waals surface area (Å²) in [5.41, 5.74) is 5.77. The van der Waals surface area contributed by atoms with Crippen LogP contribution in [0.4, 0.5) is 0 Å². The first-order valence-corrected chi connectivity index (χ1v) is 7.29. The van der Waals surface area contributed by atoms with Crippen LogP contribution < -0.4 is 10.1 Å². The molecule has 0 atom stereocenters. The number of nitrogens with one attached hydrogen (secondary N) is 1. The molecule has 0 heterocycles. The van der Waals surface area contributed by atoms with Crippen LogP contribution in [0.25, 0.3) is 0 Å². The molecule has 0 aromatic heterocycles.